The van der Waals surface area contributed by atoms with E-state index in [9.17, 15) is 0 Å². The summed E-state index contributed by atoms with van der Waals surface area (Å²) < 4.78 is 6.86. The van der Waals surface area contributed by atoms with E-state index in [1.54, 1.807) is 11.3 Å². The van der Waals surface area contributed by atoms with E-state index < -0.39 is 0 Å². The van der Waals surface area contributed by atoms with Crippen LogP contribution in [0.3, 0.4) is 0 Å². The molecule has 0 aliphatic heterocycles. The second kappa shape index (κ2) is 6.06. The van der Waals surface area contributed by atoms with E-state index in [2.05, 4.69) is 15.9 Å². The van der Waals surface area contributed by atoms with Crippen molar-refractivity contribution < 1.29 is 4.74 Å². The molecule has 5 heteroatoms. The van der Waals surface area contributed by atoms with E-state index in [4.69, 9.17) is 22.1 Å². The summed E-state index contributed by atoms with van der Waals surface area (Å²) in [6, 6.07) is 9.45. The van der Waals surface area contributed by atoms with Crippen molar-refractivity contribution in [2.45, 2.75) is 19.1 Å². The third-order valence-electron chi connectivity index (χ3n) is 2.45. The van der Waals surface area contributed by atoms with Crippen molar-refractivity contribution in [3.63, 3.8) is 0 Å². The van der Waals surface area contributed by atoms with Gasteiger partial charge in [-0.15, -0.1) is 11.3 Å². The van der Waals surface area contributed by atoms with Gasteiger partial charge in [-0.25, -0.2) is 0 Å². The molecular weight excluding hydrogens is 334 g/mol. The lowest BCUT2D eigenvalue weighted by Gasteiger charge is -2.22. The topological polar surface area (TPSA) is 35.2 Å². The van der Waals surface area contributed by atoms with Crippen molar-refractivity contribution in [1.29, 1.82) is 0 Å². The zero-order valence-corrected chi connectivity index (χ0v) is 12.9. The first-order valence-corrected chi connectivity index (χ1v) is 7.53. The van der Waals surface area contributed by atoms with Crippen LogP contribution in [0.2, 0.25) is 5.02 Å². The maximum atomic E-state index is 6.15. The first-order chi connectivity index (χ1) is 8.58. The molecule has 1 heterocycles. The Morgan fingerprint density at radius 2 is 2.17 bits per heavy atom. The first kappa shape index (κ1) is 13.9. The number of nitrogens with two attached hydrogens (primary N) is 1. The Bertz CT molecular complexity index is 516. The van der Waals surface area contributed by atoms with Crippen molar-refractivity contribution in [3.05, 3.63) is 50.1 Å². The number of hydrogen-bond donors (Lipinski definition) is 1. The van der Waals surface area contributed by atoms with Gasteiger partial charge in [0, 0.05) is 15.4 Å². The number of rotatable bonds is 4. The minimum absolute atomic E-state index is 0.108. The number of ether oxygens (including phenoxy) is 1. The van der Waals surface area contributed by atoms with Gasteiger partial charge in [0.2, 0.25) is 0 Å². The van der Waals surface area contributed by atoms with Crippen molar-refractivity contribution in [3.8, 4) is 5.75 Å². The van der Waals surface area contributed by atoms with Crippen LogP contribution in [0.15, 0.2) is 40.2 Å². The number of thiophene rings is 1. The summed E-state index contributed by atoms with van der Waals surface area (Å²) in [4.78, 5) is 1.10. The van der Waals surface area contributed by atoms with Crippen LogP contribution in [0.25, 0.3) is 0 Å². The quantitative estimate of drug-likeness (QED) is 0.876. The summed E-state index contributed by atoms with van der Waals surface area (Å²) in [5.41, 5.74) is 5.99. The molecule has 1 aromatic carbocycles. The lowest BCUT2D eigenvalue weighted by atomic mass is 10.1. The van der Waals surface area contributed by atoms with Gasteiger partial charge in [0.1, 0.15) is 11.9 Å². The molecule has 0 fully saturated rings. The molecule has 1 aromatic heterocycles. The fraction of sp³-hybridized carbons (Fsp3) is 0.231. The standard InChI is InChI=1S/C13H13BrClNOS/c1-8(16)13(12-3-2-6-18-12)17-11-5-4-9(14)7-10(11)15/h2-8,13H,16H2,1H3. The molecule has 0 saturated carbocycles. The van der Waals surface area contributed by atoms with Gasteiger partial charge < -0.3 is 10.5 Å². The van der Waals surface area contributed by atoms with Crippen LogP contribution in [0.4, 0.5) is 0 Å². The van der Waals surface area contributed by atoms with Gasteiger partial charge in [0.25, 0.3) is 0 Å². The monoisotopic (exact) mass is 345 g/mol. The SMILES string of the molecule is CC(N)C(Oc1ccc(Br)cc1Cl)c1cccs1. The lowest BCUT2D eigenvalue weighted by Crippen LogP contribution is -2.28. The van der Waals surface area contributed by atoms with Crippen LogP contribution in [0.1, 0.15) is 17.9 Å². The van der Waals surface area contributed by atoms with Crippen LogP contribution < -0.4 is 10.5 Å². The van der Waals surface area contributed by atoms with Gasteiger partial charge in [-0.1, -0.05) is 33.6 Å². The molecule has 2 rings (SSSR count). The molecule has 2 unspecified atom stereocenters. The predicted molar refractivity (Wildman–Crippen MR) is 80.5 cm³/mol. The lowest BCUT2D eigenvalue weighted by molar-refractivity contribution is 0.184. The molecule has 0 saturated heterocycles. The summed E-state index contributed by atoms with van der Waals surface area (Å²) in [5.74, 6) is 0.649. The predicted octanol–water partition coefficient (Wildman–Crippen LogP) is 4.63. The summed E-state index contributed by atoms with van der Waals surface area (Å²) in [6.07, 6.45) is -0.177. The average Bonchev–Trinajstić information content (AvgIpc) is 2.80. The second-order valence-corrected chi connectivity index (χ2v) is 6.29. The summed E-state index contributed by atoms with van der Waals surface area (Å²) in [5, 5.41) is 2.59. The highest BCUT2D eigenvalue weighted by Gasteiger charge is 2.20. The van der Waals surface area contributed by atoms with Crippen LogP contribution in [-0.2, 0) is 0 Å². The fourth-order valence-electron chi connectivity index (χ4n) is 1.59. The third kappa shape index (κ3) is 3.26. The molecule has 2 atom stereocenters. The Labute approximate surface area is 124 Å². The average molecular weight is 347 g/mol. The molecule has 0 spiro atoms. The minimum atomic E-state index is -0.177. The molecule has 2 nitrogen and oxygen atoms in total. The minimum Gasteiger partial charge on any atom is -0.482 e. The molecule has 0 aliphatic rings. The normalized spacial score (nSPS) is 14.2. The maximum Gasteiger partial charge on any atom is 0.148 e. The van der Waals surface area contributed by atoms with Gasteiger partial charge in [0.05, 0.1) is 5.02 Å². The molecule has 0 amide bonds. The summed E-state index contributed by atoms with van der Waals surface area (Å²) >= 11 is 11.1. The van der Waals surface area contributed by atoms with E-state index in [0.29, 0.717) is 10.8 Å². The highest BCUT2D eigenvalue weighted by molar-refractivity contribution is 9.10. The summed E-state index contributed by atoms with van der Waals surface area (Å²) in [7, 11) is 0. The van der Waals surface area contributed by atoms with Gasteiger partial charge in [-0.05, 0) is 36.6 Å². The van der Waals surface area contributed by atoms with Crippen molar-refractivity contribution in [1.82, 2.24) is 0 Å². The van der Waals surface area contributed by atoms with Crippen LogP contribution in [0, 0.1) is 0 Å². The zero-order valence-electron chi connectivity index (χ0n) is 9.77. The second-order valence-electron chi connectivity index (χ2n) is 3.99. The highest BCUT2D eigenvalue weighted by atomic mass is 79.9. The molecule has 2 N–H and O–H groups in total. The molecular formula is C13H13BrClNOS. The molecule has 0 radical (unpaired) electrons. The van der Waals surface area contributed by atoms with Crippen molar-refractivity contribution >= 4 is 38.9 Å². The Kier molecular flexibility index (Phi) is 4.67. The largest absolute Gasteiger partial charge is 0.482 e. The Balaban J connectivity index is 2.24. The highest BCUT2D eigenvalue weighted by Crippen LogP contribution is 2.33. The van der Waals surface area contributed by atoms with Gasteiger partial charge in [-0.3, -0.25) is 0 Å². The van der Waals surface area contributed by atoms with E-state index in [1.807, 2.05) is 42.6 Å². The Morgan fingerprint density at radius 1 is 1.39 bits per heavy atom. The van der Waals surface area contributed by atoms with Gasteiger partial charge in [0.15, 0.2) is 0 Å². The summed E-state index contributed by atoms with van der Waals surface area (Å²) in [6.45, 7) is 1.93. The van der Waals surface area contributed by atoms with Crippen molar-refractivity contribution in [2.75, 3.05) is 0 Å². The molecule has 0 bridgehead atoms. The van der Waals surface area contributed by atoms with Crippen LogP contribution >= 0.6 is 38.9 Å². The molecule has 2 aromatic rings. The smallest absolute Gasteiger partial charge is 0.148 e. The van der Waals surface area contributed by atoms with Gasteiger partial charge in [-0.2, -0.15) is 0 Å². The van der Waals surface area contributed by atoms with E-state index in [-0.39, 0.29) is 12.1 Å². The van der Waals surface area contributed by atoms with Crippen LogP contribution in [-0.4, -0.2) is 6.04 Å². The molecule has 96 valence electrons. The Morgan fingerprint density at radius 3 is 2.72 bits per heavy atom. The van der Waals surface area contributed by atoms with Gasteiger partial charge >= 0.3 is 0 Å². The van der Waals surface area contributed by atoms with Crippen LogP contribution in [0.5, 0.6) is 5.75 Å². The number of benzene rings is 1. The molecule has 18 heavy (non-hydrogen) atoms. The number of halogens is 2. The molecule has 0 aliphatic carbocycles. The zero-order chi connectivity index (χ0) is 13.1. The van der Waals surface area contributed by atoms with E-state index >= 15 is 0 Å². The first-order valence-electron chi connectivity index (χ1n) is 5.48. The van der Waals surface area contributed by atoms with E-state index in [1.165, 1.54) is 0 Å². The Hall–Kier alpha value is -0.550. The van der Waals surface area contributed by atoms with E-state index in [0.717, 1.165) is 9.35 Å². The third-order valence-corrected chi connectivity index (χ3v) is 4.17. The maximum absolute atomic E-state index is 6.15. The number of hydrogen-bond acceptors (Lipinski definition) is 3. The fourth-order valence-corrected chi connectivity index (χ4v) is 3.17. The van der Waals surface area contributed by atoms with Crippen molar-refractivity contribution in [2.24, 2.45) is 5.73 Å².